The minimum atomic E-state index is -0.435. The summed E-state index contributed by atoms with van der Waals surface area (Å²) in [5, 5.41) is 3.65. The van der Waals surface area contributed by atoms with Crippen molar-refractivity contribution in [2.45, 2.75) is 13.0 Å². The van der Waals surface area contributed by atoms with E-state index in [2.05, 4.69) is 5.32 Å². The van der Waals surface area contributed by atoms with Gasteiger partial charge in [0.25, 0.3) is 5.91 Å². The highest BCUT2D eigenvalue weighted by Crippen LogP contribution is 2.34. The van der Waals surface area contributed by atoms with Crippen molar-refractivity contribution in [2.75, 3.05) is 13.4 Å². The fraction of sp³-hybridized carbons (Fsp3) is 0.200. The first kappa shape index (κ1) is 17.0. The van der Waals surface area contributed by atoms with E-state index < -0.39 is 5.63 Å². The van der Waals surface area contributed by atoms with Crippen molar-refractivity contribution in [2.24, 2.45) is 0 Å². The summed E-state index contributed by atoms with van der Waals surface area (Å²) in [5.41, 5.74) is 0.879. The molecule has 0 spiro atoms. The van der Waals surface area contributed by atoms with Crippen molar-refractivity contribution in [1.82, 2.24) is 5.32 Å². The van der Waals surface area contributed by atoms with Gasteiger partial charge in [-0.1, -0.05) is 6.07 Å². The van der Waals surface area contributed by atoms with Gasteiger partial charge < -0.3 is 23.9 Å². The third-order valence-electron chi connectivity index (χ3n) is 4.24. The summed E-state index contributed by atoms with van der Waals surface area (Å²) in [5.74, 6) is 1.54. The van der Waals surface area contributed by atoms with Crippen LogP contribution in [-0.4, -0.2) is 19.3 Å². The van der Waals surface area contributed by atoms with Gasteiger partial charge in [-0.2, -0.15) is 0 Å². The Balaban J connectivity index is 1.37. The van der Waals surface area contributed by atoms with E-state index in [0.717, 1.165) is 10.9 Å². The first-order valence-electron chi connectivity index (χ1n) is 8.44. The lowest BCUT2D eigenvalue weighted by Crippen LogP contribution is -2.31. The minimum Gasteiger partial charge on any atom is -0.484 e. The summed E-state index contributed by atoms with van der Waals surface area (Å²) in [4.78, 5) is 23.5. The summed E-state index contributed by atoms with van der Waals surface area (Å²) < 4.78 is 21.3. The molecule has 2 heterocycles. The largest absolute Gasteiger partial charge is 0.484 e. The van der Waals surface area contributed by atoms with E-state index in [0.29, 0.717) is 22.8 Å². The van der Waals surface area contributed by atoms with Crippen LogP contribution >= 0.6 is 0 Å². The Kier molecular flexibility index (Phi) is 4.42. The van der Waals surface area contributed by atoms with Gasteiger partial charge in [0.2, 0.25) is 6.79 Å². The van der Waals surface area contributed by atoms with Crippen molar-refractivity contribution < 1.29 is 23.4 Å². The lowest BCUT2D eigenvalue weighted by molar-refractivity contribution is -0.123. The molecule has 4 rings (SSSR count). The average molecular weight is 367 g/mol. The van der Waals surface area contributed by atoms with Gasteiger partial charge in [0, 0.05) is 17.5 Å². The van der Waals surface area contributed by atoms with Crippen LogP contribution in [0.3, 0.4) is 0 Å². The van der Waals surface area contributed by atoms with Crippen LogP contribution in [0.2, 0.25) is 0 Å². The van der Waals surface area contributed by atoms with Crippen LogP contribution in [0, 0.1) is 0 Å². The van der Waals surface area contributed by atoms with Gasteiger partial charge in [-0.05, 0) is 42.8 Å². The summed E-state index contributed by atoms with van der Waals surface area (Å²) in [6, 6.07) is 13.4. The second-order valence-corrected chi connectivity index (χ2v) is 6.14. The van der Waals surface area contributed by atoms with E-state index >= 15 is 0 Å². The van der Waals surface area contributed by atoms with Gasteiger partial charge in [0.15, 0.2) is 18.1 Å². The van der Waals surface area contributed by atoms with Crippen molar-refractivity contribution in [3.63, 3.8) is 0 Å². The lowest BCUT2D eigenvalue weighted by atomic mass is 10.1. The third-order valence-corrected chi connectivity index (χ3v) is 4.24. The number of hydrogen-bond acceptors (Lipinski definition) is 6. The van der Waals surface area contributed by atoms with Crippen molar-refractivity contribution in [3.8, 4) is 17.2 Å². The SMILES string of the molecule is C[C@@H](NC(=O)COc1ccc2ccc(=O)oc2c1)c1ccc2c(c1)OCO2. The minimum absolute atomic E-state index is 0.155. The van der Waals surface area contributed by atoms with Crippen LogP contribution in [0.4, 0.5) is 0 Å². The van der Waals surface area contributed by atoms with Crippen LogP contribution in [0.25, 0.3) is 11.0 Å². The monoisotopic (exact) mass is 367 g/mol. The van der Waals surface area contributed by atoms with E-state index in [4.69, 9.17) is 18.6 Å². The molecule has 1 aliphatic heterocycles. The molecule has 0 saturated carbocycles. The second-order valence-electron chi connectivity index (χ2n) is 6.14. The molecule has 138 valence electrons. The molecule has 1 amide bonds. The number of carbonyl (C=O) groups excluding carboxylic acids is 1. The van der Waals surface area contributed by atoms with Crippen molar-refractivity contribution in [3.05, 3.63) is 64.5 Å². The number of nitrogens with one attached hydrogen (secondary N) is 1. The summed E-state index contributed by atoms with van der Waals surface area (Å²) in [6.07, 6.45) is 0. The van der Waals surface area contributed by atoms with E-state index in [9.17, 15) is 9.59 Å². The normalized spacial score (nSPS) is 13.4. The molecular weight excluding hydrogens is 350 g/mol. The Morgan fingerprint density at radius 2 is 1.93 bits per heavy atom. The molecule has 2 aromatic carbocycles. The van der Waals surface area contributed by atoms with E-state index in [-0.39, 0.29) is 25.3 Å². The Morgan fingerprint density at radius 1 is 1.11 bits per heavy atom. The molecule has 0 radical (unpaired) electrons. The first-order valence-corrected chi connectivity index (χ1v) is 8.44. The van der Waals surface area contributed by atoms with Gasteiger partial charge in [-0.25, -0.2) is 4.79 Å². The molecule has 0 saturated heterocycles. The Bertz CT molecular complexity index is 1060. The van der Waals surface area contributed by atoms with Crippen molar-refractivity contribution in [1.29, 1.82) is 0 Å². The number of amides is 1. The maximum absolute atomic E-state index is 12.2. The molecule has 1 aliphatic rings. The van der Waals surface area contributed by atoms with Crippen molar-refractivity contribution >= 4 is 16.9 Å². The molecule has 1 aromatic heterocycles. The fourth-order valence-electron chi connectivity index (χ4n) is 2.83. The molecule has 1 N–H and O–H groups in total. The molecule has 7 nitrogen and oxygen atoms in total. The van der Waals surface area contributed by atoms with Crippen LogP contribution in [-0.2, 0) is 4.79 Å². The molecule has 0 unspecified atom stereocenters. The molecule has 0 fully saturated rings. The maximum Gasteiger partial charge on any atom is 0.336 e. The van der Waals surface area contributed by atoms with Crippen LogP contribution in [0.15, 0.2) is 57.7 Å². The number of benzene rings is 2. The molecule has 1 atom stereocenters. The molecule has 0 aliphatic carbocycles. The Hall–Kier alpha value is -3.48. The highest BCUT2D eigenvalue weighted by Gasteiger charge is 2.17. The zero-order chi connectivity index (χ0) is 18.8. The third kappa shape index (κ3) is 3.72. The zero-order valence-electron chi connectivity index (χ0n) is 14.6. The topological polar surface area (TPSA) is 87.0 Å². The predicted molar refractivity (Wildman–Crippen MR) is 97.1 cm³/mol. The lowest BCUT2D eigenvalue weighted by Gasteiger charge is -2.15. The summed E-state index contributed by atoms with van der Waals surface area (Å²) in [7, 11) is 0. The Labute approximate surface area is 154 Å². The molecule has 27 heavy (non-hydrogen) atoms. The Morgan fingerprint density at radius 3 is 2.81 bits per heavy atom. The molecule has 7 heteroatoms. The smallest absolute Gasteiger partial charge is 0.336 e. The van der Waals surface area contributed by atoms with Gasteiger partial charge in [-0.15, -0.1) is 0 Å². The highest BCUT2D eigenvalue weighted by molar-refractivity contribution is 5.79. The zero-order valence-corrected chi connectivity index (χ0v) is 14.6. The van der Waals surface area contributed by atoms with Gasteiger partial charge in [0.1, 0.15) is 11.3 Å². The van der Waals surface area contributed by atoms with Gasteiger partial charge in [0.05, 0.1) is 6.04 Å². The van der Waals surface area contributed by atoms with Crippen LogP contribution < -0.4 is 25.2 Å². The first-order chi connectivity index (χ1) is 13.1. The number of carbonyl (C=O) groups is 1. The number of fused-ring (bicyclic) bond motifs is 2. The van der Waals surface area contributed by atoms with E-state index in [1.165, 1.54) is 6.07 Å². The van der Waals surface area contributed by atoms with Crippen LogP contribution in [0.1, 0.15) is 18.5 Å². The van der Waals surface area contributed by atoms with E-state index in [1.54, 1.807) is 24.3 Å². The number of rotatable bonds is 5. The quantitative estimate of drug-likeness (QED) is 0.698. The maximum atomic E-state index is 12.2. The van der Waals surface area contributed by atoms with E-state index in [1.807, 2.05) is 25.1 Å². The number of ether oxygens (including phenoxy) is 3. The fourth-order valence-corrected chi connectivity index (χ4v) is 2.83. The number of hydrogen-bond donors (Lipinski definition) is 1. The second kappa shape index (κ2) is 7.03. The molecule has 0 bridgehead atoms. The summed E-state index contributed by atoms with van der Waals surface area (Å²) >= 11 is 0. The average Bonchev–Trinajstić information content (AvgIpc) is 3.13. The summed E-state index contributed by atoms with van der Waals surface area (Å²) in [6.45, 7) is 1.93. The standard InChI is InChI=1S/C20H17NO6/c1-12(14-3-6-16-18(8-14)26-11-25-16)21-19(22)10-24-15-5-2-13-4-7-20(23)27-17(13)9-15/h2-9,12H,10-11H2,1H3,(H,21,22)/t12-/m1/s1. The van der Waals surface area contributed by atoms with Gasteiger partial charge in [-0.3, -0.25) is 4.79 Å². The molecule has 3 aromatic rings. The van der Waals surface area contributed by atoms with Crippen LogP contribution in [0.5, 0.6) is 17.2 Å². The molecular formula is C20H17NO6. The highest BCUT2D eigenvalue weighted by atomic mass is 16.7. The predicted octanol–water partition coefficient (Wildman–Crippen LogP) is 2.78. The van der Waals surface area contributed by atoms with Gasteiger partial charge >= 0.3 is 5.63 Å².